The number of nitrogens with one attached hydrogen (secondary N) is 1. The summed E-state index contributed by atoms with van der Waals surface area (Å²) in [6.45, 7) is 5.17. The van der Waals surface area contributed by atoms with Crippen LogP contribution in [0.25, 0.3) is 22.2 Å². The van der Waals surface area contributed by atoms with Gasteiger partial charge >= 0.3 is 0 Å². The Morgan fingerprint density at radius 2 is 1.89 bits per heavy atom. The van der Waals surface area contributed by atoms with E-state index < -0.39 is 0 Å². The zero-order valence-electron chi connectivity index (χ0n) is 16.9. The molecule has 3 aromatic rings. The molecule has 1 heterocycles. The largest absolute Gasteiger partial charge is 0.507 e. The third-order valence-corrected chi connectivity index (χ3v) is 5.26. The predicted octanol–water partition coefficient (Wildman–Crippen LogP) is 6.10. The van der Waals surface area contributed by atoms with E-state index >= 15 is 0 Å². The second-order valence-corrected chi connectivity index (χ2v) is 7.51. The topological polar surface area (TPSA) is 71.0 Å². The average Bonchev–Trinajstić information content (AvgIpc) is 3.18. The highest BCUT2D eigenvalue weighted by Crippen LogP contribution is 2.35. The number of nitrogens with zero attached hydrogens (tertiary/aromatic N) is 2. The molecule has 5 heteroatoms. The van der Waals surface area contributed by atoms with Crippen LogP contribution in [-0.2, 0) is 0 Å². The van der Waals surface area contributed by atoms with E-state index in [0.717, 1.165) is 22.2 Å². The SMILES string of the molecule is CCCCCCC(CCC)COc1ccc(-c2cccc3[nH]nnc23)c(O)c1. The summed E-state index contributed by atoms with van der Waals surface area (Å²) in [4.78, 5) is 0. The van der Waals surface area contributed by atoms with Crippen molar-refractivity contribution in [2.75, 3.05) is 6.61 Å². The lowest BCUT2D eigenvalue weighted by atomic mass is 9.97. The Labute approximate surface area is 167 Å². The Bertz CT molecular complexity index is 875. The summed E-state index contributed by atoms with van der Waals surface area (Å²) in [5.74, 6) is 1.48. The maximum absolute atomic E-state index is 10.6. The molecule has 0 spiro atoms. The smallest absolute Gasteiger partial charge is 0.127 e. The number of rotatable bonds is 11. The summed E-state index contributed by atoms with van der Waals surface area (Å²) in [7, 11) is 0. The molecule has 0 aliphatic heterocycles. The molecule has 150 valence electrons. The minimum Gasteiger partial charge on any atom is -0.507 e. The van der Waals surface area contributed by atoms with Gasteiger partial charge in [-0.05, 0) is 37.0 Å². The predicted molar refractivity (Wildman–Crippen MR) is 114 cm³/mol. The first-order valence-corrected chi connectivity index (χ1v) is 10.5. The fraction of sp³-hybridized carbons (Fsp3) is 0.478. The van der Waals surface area contributed by atoms with Gasteiger partial charge in [0.2, 0.25) is 0 Å². The third kappa shape index (κ3) is 5.03. The van der Waals surface area contributed by atoms with Crippen molar-refractivity contribution < 1.29 is 9.84 Å². The summed E-state index contributed by atoms with van der Waals surface area (Å²) >= 11 is 0. The first-order valence-electron chi connectivity index (χ1n) is 10.5. The molecular formula is C23H31N3O2. The van der Waals surface area contributed by atoms with Crippen LogP contribution in [0.15, 0.2) is 36.4 Å². The number of aromatic nitrogens is 3. The molecule has 0 aliphatic carbocycles. The molecular weight excluding hydrogens is 350 g/mol. The van der Waals surface area contributed by atoms with Gasteiger partial charge in [0, 0.05) is 17.2 Å². The maximum Gasteiger partial charge on any atom is 0.127 e. The van der Waals surface area contributed by atoms with Gasteiger partial charge in [-0.1, -0.05) is 63.3 Å². The number of hydrogen-bond donors (Lipinski definition) is 2. The zero-order chi connectivity index (χ0) is 19.8. The minimum atomic E-state index is 0.197. The first-order chi connectivity index (χ1) is 13.7. The Hall–Kier alpha value is -2.56. The van der Waals surface area contributed by atoms with E-state index in [4.69, 9.17) is 4.74 Å². The quantitative estimate of drug-likeness (QED) is 0.394. The van der Waals surface area contributed by atoms with Crippen molar-refractivity contribution in [3.05, 3.63) is 36.4 Å². The Morgan fingerprint density at radius 3 is 2.68 bits per heavy atom. The monoisotopic (exact) mass is 381 g/mol. The molecule has 0 saturated heterocycles. The third-order valence-electron chi connectivity index (χ3n) is 5.26. The van der Waals surface area contributed by atoms with Crippen LogP contribution in [-0.4, -0.2) is 27.1 Å². The van der Waals surface area contributed by atoms with E-state index in [1.54, 1.807) is 6.07 Å². The fourth-order valence-corrected chi connectivity index (χ4v) is 3.71. The summed E-state index contributed by atoms with van der Waals surface area (Å²) in [5, 5.41) is 21.4. The lowest BCUT2D eigenvalue weighted by Gasteiger charge is -2.17. The van der Waals surface area contributed by atoms with Crippen molar-refractivity contribution in [1.82, 2.24) is 15.4 Å². The number of phenols is 1. The number of fused-ring (bicyclic) bond motifs is 1. The van der Waals surface area contributed by atoms with Gasteiger partial charge in [0.25, 0.3) is 0 Å². The molecule has 0 radical (unpaired) electrons. The number of phenolic OH excluding ortho intramolecular Hbond substituents is 1. The number of aromatic amines is 1. The van der Waals surface area contributed by atoms with Crippen molar-refractivity contribution in [1.29, 1.82) is 0 Å². The molecule has 0 saturated carbocycles. The maximum atomic E-state index is 10.6. The number of unbranched alkanes of at least 4 members (excludes halogenated alkanes) is 3. The zero-order valence-corrected chi connectivity index (χ0v) is 16.9. The van der Waals surface area contributed by atoms with Gasteiger partial charge in [-0.25, -0.2) is 0 Å². The lowest BCUT2D eigenvalue weighted by molar-refractivity contribution is 0.226. The normalized spacial score (nSPS) is 12.4. The van der Waals surface area contributed by atoms with E-state index in [-0.39, 0.29) is 5.75 Å². The second kappa shape index (κ2) is 10.1. The highest BCUT2D eigenvalue weighted by Gasteiger charge is 2.13. The minimum absolute atomic E-state index is 0.197. The number of hydrogen-bond acceptors (Lipinski definition) is 4. The van der Waals surface area contributed by atoms with Gasteiger partial charge in [-0.15, -0.1) is 5.10 Å². The van der Waals surface area contributed by atoms with Crippen molar-refractivity contribution in [2.45, 2.75) is 58.8 Å². The molecule has 1 unspecified atom stereocenters. The van der Waals surface area contributed by atoms with Crippen LogP contribution in [0, 0.1) is 5.92 Å². The van der Waals surface area contributed by atoms with Crippen molar-refractivity contribution in [3.63, 3.8) is 0 Å². The number of ether oxygens (including phenoxy) is 1. The Morgan fingerprint density at radius 1 is 1.00 bits per heavy atom. The molecule has 0 fully saturated rings. The lowest BCUT2D eigenvalue weighted by Crippen LogP contribution is -2.12. The van der Waals surface area contributed by atoms with Crippen LogP contribution >= 0.6 is 0 Å². The summed E-state index contributed by atoms with van der Waals surface area (Å²) in [5.41, 5.74) is 3.19. The van der Waals surface area contributed by atoms with E-state index in [1.165, 1.54) is 44.9 Å². The first kappa shape index (κ1) is 20.2. The number of aromatic hydroxyl groups is 1. The summed E-state index contributed by atoms with van der Waals surface area (Å²) in [6.07, 6.45) is 8.73. The molecule has 1 aromatic heterocycles. The number of H-pyrrole nitrogens is 1. The molecule has 0 amide bonds. The van der Waals surface area contributed by atoms with Gasteiger partial charge in [-0.3, -0.25) is 5.10 Å². The molecule has 1 atom stereocenters. The van der Waals surface area contributed by atoms with Gasteiger partial charge in [0.05, 0.1) is 12.1 Å². The van der Waals surface area contributed by atoms with Gasteiger partial charge in [0.15, 0.2) is 0 Å². The molecule has 3 rings (SSSR count). The average molecular weight is 382 g/mol. The molecule has 0 aliphatic rings. The summed E-state index contributed by atoms with van der Waals surface area (Å²) in [6, 6.07) is 11.3. The Kier molecular flexibility index (Phi) is 7.29. The van der Waals surface area contributed by atoms with Crippen LogP contribution in [0.5, 0.6) is 11.5 Å². The van der Waals surface area contributed by atoms with E-state index in [9.17, 15) is 5.11 Å². The fourth-order valence-electron chi connectivity index (χ4n) is 3.71. The van der Waals surface area contributed by atoms with Crippen LogP contribution in [0.3, 0.4) is 0 Å². The highest BCUT2D eigenvalue weighted by atomic mass is 16.5. The van der Waals surface area contributed by atoms with Crippen molar-refractivity contribution >= 4 is 11.0 Å². The van der Waals surface area contributed by atoms with Crippen molar-refractivity contribution in [2.24, 2.45) is 5.92 Å². The molecule has 5 nitrogen and oxygen atoms in total. The van der Waals surface area contributed by atoms with E-state index in [0.29, 0.717) is 18.3 Å². The molecule has 2 N–H and O–H groups in total. The van der Waals surface area contributed by atoms with E-state index in [2.05, 4.69) is 29.3 Å². The number of benzene rings is 2. The van der Waals surface area contributed by atoms with E-state index in [1.807, 2.05) is 30.3 Å². The summed E-state index contributed by atoms with van der Waals surface area (Å²) < 4.78 is 6.03. The molecule has 2 aromatic carbocycles. The van der Waals surface area contributed by atoms with Crippen LogP contribution in [0.1, 0.15) is 58.8 Å². The standard InChI is InChI=1S/C23H31N3O2/c1-3-5-6-7-10-17(9-4-2)16-28-18-13-14-19(22(27)15-18)20-11-8-12-21-23(20)25-26-24-21/h8,11-15,17,27H,3-7,9-10,16H2,1-2H3,(H,24,25,26). The molecule has 0 bridgehead atoms. The Balaban J connectivity index is 1.66. The van der Waals surface area contributed by atoms with Crippen LogP contribution in [0.2, 0.25) is 0 Å². The van der Waals surface area contributed by atoms with Gasteiger partial charge in [-0.2, -0.15) is 0 Å². The highest BCUT2D eigenvalue weighted by molar-refractivity contribution is 5.93. The van der Waals surface area contributed by atoms with Gasteiger partial charge < -0.3 is 9.84 Å². The van der Waals surface area contributed by atoms with Gasteiger partial charge in [0.1, 0.15) is 17.0 Å². The van der Waals surface area contributed by atoms with Crippen LogP contribution < -0.4 is 4.74 Å². The molecule has 28 heavy (non-hydrogen) atoms. The van der Waals surface area contributed by atoms with Crippen LogP contribution in [0.4, 0.5) is 0 Å². The second-order valence-electron chi connectivity index (χ2n) is 7.51. The van der Waals surface area contributed by atoms with Crippen molar-refractivity contribution in [3.8, 4) is 22.6 Å².